The fourth-order valence-corrected chi connectivity index (χ4v) is 4.72. The first-order chi connectivity index (χ1) is 19.0. The number of aromatic nitrogens is 3. The first-order valence-electron chi connectivity index (χ1n) is 13.1. The summed E-state index contributed by atoms with van der Waals surface area (Å²) >= 11 is 0. The molecule has 1 aromatic heterocycles. The molecule has 3 aromatic carbocycles. The van der Waals surface area contributed by atoms with Crippen LogP contribution in [0.2, 0.25) is 0 Å². The highest BCUT2D eigenvalue weighted by Gasteiger charge is 2.18. The number of hydrogen-bond acceptors (Lipinski definition) is 7. The topological polar surface area (TPSA) is 86.5 Å². The Balaban J connectivity index is 1.16. The Labute approximate surface area is 228 Å². The molecular formula is C31H32N4O4. The number of carbonyl (C=O) groups is 2. The largest absolute Gasteiger partial charge is 0.490 e. The number of ether oxygens (including phenoxy) is 2. The van der Waals surface area contributed by atoms with Gasteiger partial charge in [0.1, 0.15) is 17.5 Å². The Morgan fingerprint density at radius 3 is 2.31 bits per heavy atom. The van der Waals surface area contributed by atoms with Crippen LogP contribution in [0.15, 0.2) is 79.0 Å². The van der Waals surface area contributed by atoms with E-state index >= 15 is 0 Å². The maximum Gasteiger partial charge on any atom is 0.337 e. The molecule has 0 atom stereocenters. The van der Waals surface area contributed by atoms with Crippen LogP contribution in [0.4, 0.5) is 0 Å². The molecule has 5 rings (SSSR count). The minimum Gasteiger partial charge on any atom is -0.490 e. The van der Waals surface area contributed by atoms with Crippen LogP contribution in [0.3, 0.4) is 0 Å². The highest BCUT2D eigenvalue weighted by Crippen LogP contribution is 2.25. The highest BCUT2D eigenvalue weighted by atomic mass is 16.5. The number of benzene rings is 3. The van der Waals surface area contributed by atoms with Gasteiger partial charge in [0.2, 0.25) is 0 Å². The lowest BCUT2D eigenvalue weighted by Gasteiger charge is -2.29. The van der Waals surface area contributed by atoms with E-state index in [0.717, 1.165) is 53.9 Å². The van der Waals surface area contributed by atoms with Gasteiger partial charge >= 0.3 is 5.97 Å². The smallest absolute Gasteiger partial charge is 0.337 e. The average Bonchev–Trinajstić information content (AvgIpc) is 3.43. The first-order valence-corrected chi connectivity index (χ1v) is 13.1. The Hall–Kier alpha value is -4.30. The van der Waals surface area contributed by atoms with Crippen LogP contribution in [-0.2, 0) is 17.7 Å². The van der Waals surface area contributed by atoms with Crippen molar-refractivity contribution in [3.8, 4) is 16.9 Å². The zero-order valence-corrected chi connectivity index (χ0v) is 22.2. The third-order valence-electron chi connectivity index (χ3n) is 6.99. The van der Waals surface area contributed by atoms with Crippen molar-refractivity contribution < 1.29 is 19.1 Å². The molecule has 0 radical (unpaired) electrons. The van der Waals surface area contributed by atoms with Gasteiger partial charge in [-0.1, -0.05) is 53.7 Å². The second-order valence-electron chi connectivity index (χ2n) is 9.94. The molecular weight excluding hydrogens is 492 g/mol. The van der Waals surface area contributed by atoms with Crippen LogP contribution in [0.5, 0.6) is 5.75 Å². The summed E-state index contributed by atoms with van der Waals surface area (Å²) in [6, 6.07) is 23.3. The highest BCUT2D eigenvalue weighted by molar-refractivity contribution is 5.95. The van der Waals surface area contributed by atoms with E-state index in [1.165, 1.54) is 7.11 Å². The second-order valence-corrected chi connectivity index (χ2v) is 9.94. The van der Waals surface area contributed by atoms with E-state index in [1.807, 2.05) is 42.5 Å². The van der Waals surface area contributed by atoms with Gasteiger partial charge in [-0.2, -0.15) is 0 Å². The van der Waals surface area contributed by atoms with Crippen molar-refractivity contribution >= 4 is 11.8 Å². The lowest BCUT2D eigenvalue weighted by Crippen LogP contribution is -2.35. The minimum atomic E-state index is -0.397. The summed E-state index contributed by atoms with van der Waals surface area (Å²) < 4.78 is 12.5. The number of nitrogens with zero attached hydrogens (tertiary/aromatic N) is 4. The fraction of sp³-hybridized carbons (Fsp3) is 0.290. The number of hydrogen-bond donors (Lipinski definition) is 0. The van der Waals surface area contributed by atoms with Gasteiger partial charge in [0.05, 0.1) is 25.4 Å². The number of Topliss-reactive ketones (excluding diaryl/α,β-unsaturated/α-hetero) is 1. The van der Waals surface area contributed by atoms with Gasteiger partial charge in [0, 0.05) is 19.5 Å². The lowest BCUT2D eigenvalue weighted by molar-refractivity contribution is 0.0600. The molecule has 1 saturated heterocycles. The van der Waals surface area contributed by atoms with E-state index in [0.29, 0.717) is 17.8 Å². The van der Waals surface area contributed by atoms with Crippen LogP contribution in [-0.4, -0.2) is 65.0 Å². The maximum atomic E-state index is 12.8. The van der Waals surface area contributed by atoms with Gasteiger partial charge in [-0.3, -0.25) is 4.79 Å². The summed E-state index contributed by atoms with van der Waals surface area (Å²) in [5.74, 6) is 0.402. The van der Waals surface area contributed by atoms with Crippen molar-refractivity contribution in [1.29, 1.82) is 0 Å². The number of carbonyl (C=O) groups excluding carboxylic acids is 2. The van der Waals surface area contributed by atoms with E-state index in [-0.39, 0.29) is 18.3 Å². The molecule has 0 saturated carbocycles. The molecule has 8 heteroatoms. The second kappa shape index (κ2) is 12.0. The number of likely N-dealkylation sites (tertiary alicyclic amines) is 1. The van der Waals surface area contributed by atoms with Crippen LogP contribution in [0, 0.1) is 0 Å². The number of ketones is 1. The summed E-state index contributed by atoms with van der Waals surface area (Å²) in [6.45, 7) is 2.54. The summed E-state index contributed by atoms with van der Waals surface area (Å²) in [7, 11) is 3.50. The minimum absolute atomic E-state index is 0.104. The molecule has 0 bridgehead atoms. The van der Waals surface area contributed by atoms with Crippen molar-refractivity contribution in [2.24, 2.45) is 0 Å². The molecule has 1 aliphatic rings. The number of esters is 1. The number of piperidine rings is 1. The molecule has 1 aliphatic heterocycles. The number of rotatable bonds is 9. The van der Waals surface area contributed by atoms with Gasteiger partial charge < -0.3 is 14.4 Å². The summed E-state index contributed by atoms with van der Waals surface area (Å²) in [5, 5.41) is 8.15. The monoisotopic (exact) mass is 524 g/mol. The van der Waals surface area contributed by atoms with Gasteiger partial charge in [0.15, 0.2) is 5.78 Å². The van der Waals surface area contributed by atoms with E-state index in [4.69, 9.17) is 9.47 Å². The SMILES string of the molecule is COC(=O)c1cccc(Cn2cc(C(=O)Cc3ccc(-c4ccc(OC5CCN(C)CC5)cc4)cc3)nn2)c1. The van der Waals surface area contributed by atoms with Crippen molar-refractivity contribution in [3.05, 3.63) is 101 Å². The molecule has 0 unspecified atom stereocenters. The molecule has 0 N–H and O–H groups in total. The van der Waals surface area contributed by atoms with E-state index in [9.17, 15) is 9.59 Å². The van der Waals surface area contributed by atoms with Crippen molar-refractivity contribution in [1.82, 2.24) is 19.9 Å². The Morgan fingerprint density at radius 2 is 1.62 bits per heavy atom. The van der Waals surface area contributed by atoms with Gasteiger partial charge in [-0.15, -0.1) is 5.10 Å². The summed E-state index contributed by atoms with van der Waals surface area (Å²) in [4.78, 5) is 26.9. The summed E-state index contributed by atoms with van der Waals surface area (Å²) in [6.07, 6.45) is 4.26. The quantitative estimate of drug-likeness (QED) is 0.232. The molecule has 200 valence electrons. The lowest BCUT2D eigenvalue weighted by atomic mass is 10.0. The molecule has 0 aliphatic carbocycles. The van der Waals surface area contributed by atoms with Crippen LogP contribution >= 0.6 is 0 Å². The summed E-state index contributed by atoms with van der Waals surface area (Å²) in [5.41, 5.74) is 4.72. The molecule has 4 aromatic rings. The Kier molecular flexibility index (Phi) is 8.13. The zero-order valence-electron chi connectivity index (χ0n) is 22.2. The van der Waals surface area contributed by atoms with E-state index in [1.54, 1.807) is 29.1 Å². The average molecular weight is 525 g/mol. The van der Waals surface area contributed by atoms with Crippen molar-refractivity contribution in [2.45, 2.75) is 31.9 Å². The molecule has 8 nitrogen and oxygen atoms in total. The molecule has 39 heavy (non-hydrogen) atoms. The Bertz CT molecular complexity index is 1420. The molecule has 0 spiro atoms. The van der Waals surface area contributed by atoms with Crippen LogP contribution in [0.1, 0.15) is 44.8 Å². The van der Waals surface area contributed by atoms with Crippen molar-refractivity contribution in [3.63, 3.8) is 0 Å². The fourth-order valence-electron chi connectivity index (χ4n) is 4.72. The van der Waals surface area contributed by atoms with E-state index < -0.39 is 5.97 Å². The zero-order chi connectivity index (χ0) is 27.2. The Morgan fingerprint density at radius 1 is 0.923 bits per heavy atom. The van der Waals surface area contributed by atoms with Gasteiger partial charge in [-0.25, -0.2) is 9.48 Å². The molecule has 0 amide bonds. The number of methoxy groups -OCH3 is 1. The first kappa shape index (κ1) is 26.3. The van der Waals surface area contributed by atoms with Crippen LogP contribution in [0.25, 0.3) is 11.1 Å². The third-order valence-corrected chi connectivity index (χ3v) is 6.99. The molecule has 1 fully saturated rings. The van der Waals surface area contributed by atoms with Crippen LogP contribution < -0.4 is 4.74 Å². The third kappa shape index (κ3) is 6.78. The van der Waals surface area contributed by atoms with Crippen molar-refractivity contribution in [2.75, 3.05) is 27.2 Å². The van der Waals surface area contributed by atoms with Gasteiger partial charge in [0.25, 0.3) is 0 Å². The predicted octanol–water partition coefficient (Wildman–Crippen LogP) is 4.68. The molecule has 2 heterocycles. The maximum absolute atomic E-state index is 12.8. The standard InChI is InChI=1S/C31H32N4O4/c1-34-16-14-28(15-17-34)39-27-12-10-25(11-13-27)24-8-6-22(7-9-24)19-30(36)29-21-35(33-32-29)20-23-4-3-5-26(18-23)31(37)38-2/h3-13,18,21,28H,14-17,19-20H2,1-2H3. The van der Waals surface area contributed by atoms with E-state index in [2.05, 4.69) is 34.4 Å². The van der Waals surface area contributed by atoms with Gasteiger partial charge in [-0.05, 0) is 66.4 Å². The normalized spacial score (nSPS) is 14.2. The predicted molar refractivity (Wildman–Crippen MR) is 148 cm³/mol.